The maximum absolute atomic E-state index is 10.5. The Bertz CT molecular complexity index is 405. The van der Waals surface area contributed by atoms with Gasteiger partial charge in [0.1, 0.15) is 0 Å². The summed E-state index contributed by atoms with van der Waals surface area (Å²) < 4.78 is 0. The van der Waals surface area contributed by atoms with Crippen LogP contribution in [0.4, 0.5) is 0 Å². The van der Waals surface area contributed by atoms with Crippen molar-refractivity contribution in [1.82, 2.24) is 0 Å². The largest absolute Gasteiger partial charge is 0.481 e. The van der Waals surface area contributed by atoms with E-state index in [9.17, 15) is 4.79 Å². The summed E-state index contributed by atoms with van der Waals surface area (Å²) in [6.07, 6.45) is 5.88. The summed E-state index contributed by atoms with van der Waals surface area (Å²) in [5.74, 6) is 0.0602. The van der Waals surface area contributed by atoms with E-state index in [1.54, 1.807) is 0 Å². The molecule has 17 heavy (non-hydrogen) atoms. The molecule has 2 heteroatoms. The van der Waals surface area contributed by atoms with E-state index in [2.05, 4.69) is 25.1 Å². The van der Waals surface area contributed by atoms with Gasteiger partial charge >= 0.3 is 5.97 Å². The number of hydrogen-bond donors (Lipinski definition) is 1. The molecule has 1 aliphatic carbocycles. The Morgan fingerprint density at radius 2 is 2.12 bits per heavy atom. The fraction of sp³-hybridized carbons (Fsp3) is 0.533. The van der Waals surface area contributed by atoms with Gasteiger partial charge in [-0.1, -0.05) is 30.2 Å². The monoisotopic (exact) mass is 232 g/mol. The number of carboxylic acids is 1. The van der Waals surface area contributed by atoms with Crippen molar-refractivity contribution in [1.29, 1.82) is 0 Å². The van der Waals surface area contributed by atoms with Crippen molar-refractivity contribution in [2.75, 3.05) is 0 Å². The molecule has 0 atom stereocenters. The van der Waals surface area contributed by atoms with Gasteiger partial charge in [0.15, 0.2) is 0 Å². The van der Waals surface area contributed by atoms with Crippen molar-refractivity contribution >= 4 is 5.97 Å². The standard InChI is InChI=1S/C15H20O2/c1-11-8-12(4-2-7-15(16)17)10-14(9-11)13-5-3-6-13/h8-10,13H,2-7H2,1H3,(H,16,17). The van der Waals surface area contributed by atoms with Crippen LogP contribution in [0.25, 0.3) is 0 Å². The molecule has 1 saturated carbocycles. The van der Waals surface area contributed by atoms with Gasteiger partial charge in [0.25, 0.3) is 0 Å². The fourth-order valence-corrected chi connectivity index (χ4v) is 2.46. The second-order valence-electron chi connectivity index (χ2n) is 5.13. The molecule has 1 fully saturated rings. The van der Waals surface area contributed by atoms with Gasteiger partial charge < -0.3 is 5.11 Å². The first kappa shape index (κ1) is 12.2. The molecule has 1 N–H and O–H groups in total. The van der Waals surface area contributed by atoms with Gasteiger partial charge in [0.2, 0.25) is 0 Å². The van der Waals surface area contributed by atoms with Crippen LogP contribution in [-0.4, -0.2) is 11.1 Å². The second-order valence-corrected chi connectivity index (χ2v) is 5.13. The van der Waals surface area contributed by atoms with Crippen LogP contribution in [0.2, 0.25) is 0 Å². The third kappa shape index (κ3) is 3.32. The first-order valence-corrected chi connectivity index (χ1v) is 6.47. The van der Waals surface area contributed by atoms with Gasteiger partial charge in [-0.15, -0.1) is 0 Å². The van der Waals surface area contributed by atoms with Crippen LogP contribution in [0, 0.1) is 6.92 Å². The Kier molecular flexibility index (Phi) is 3.82. The smallest absolute Gasteiger partial charge is 0.303 e. The van der Waals surface area contributed by atoms with Crippen LogP contribution in [0.5, 0.6) is 0 Å². The number of hydrogen-bond acceptors (Lipinski definition) is 1. The van der Waals surface area contributed by atoms with E-state index in [0.29, 0.717) is 0 Å². The molecule has 1 aromatic carbocycles. The summed E-state index contributed by atoms with van der Waals surface area (Å²) in [6, 6.07) is 6.74. The third-order valence-electron chi connectivity index (χ3n) is 3.59. The van der Waals surface area contributed by atoms with Crippen molar-refractivity contribution in [3.63, 3.8) is 0 Å². The highest BCUT2D eigenvalue weighted by Crippen LogP contribution is 2.37. The minimum absolute atomic E-state index is 0.271. The molecular weight excluding hydrogens is 212 g/mol. The Balaban J connectivity index is 2.00. The Hall–Kier alpha value is -1.31. The van der Waals surface area contributed by atoms with E-state index in [1.807, 2.05) is 0 Å². The second kappa shape index (κ2) is 5.35. The minimum Gasteiger partial charge on any atom is -0.481 e. The van der Waals surface area contributed by atoms with E-state index in [-0.39, 0.29) is 6.42 Å². The van der Waals surface area contributed by atoms with Crippen molar-refractivity contribution < 1.29 is 9.90 Å². The highest BCUT2D eigenvalue weighted by molar-refractivity contribution is 5.66. The number of carboxylic acid groups (broad SMARTS) is 1. The van der Waals surface area contributed by atoms with Crippen LogP contribution in [-0.2, 0) is 11.2 Å². The quantitative estimate of drug-likeness (QED) is 0.841. The van der Waals surface area contributed by atoms with E-state index < -0.39 is 5.97 Å². The van der Waals surface area contributed by atoms with Crippen LogP contribution in [0.15, 0.2) is 18.2 Å². The normalized spacial score (nSPS) is 15.6. The highest BCUT2D eigenvalue weighted by Gasteiger charge is 2.19. The summed E-state index contributed by atoms with van der Waals surface area (Å²) in [7, 11) is 0. The highest BCUT2D eigenvalue weighted by atomic mass is 16.4. The Morgan fingerprint density at radius 1 is 1.35 bits per heavy atom. The first-order chi connectivity index (χ1) is 8.15. The maximum atomic E-state index is 10.5. The molecule has 1 aliphatic rings. The van der Waals surface area contributed by atoms with Crippen LogP contribution < -0.4 is 0 Å². The summed E-state index contributed by atoms with van der Waals surface area (Å²) in [6.45, 7) is 2.13. The molecule has 0 radical (unpaired) electrons. The van der Waals surface area contributed by atoms with Gasteiger partial charge in [0.05, 0.1) is 0 Å². The molecule has 0 unspecified atom stereocenters. The number of carbonyl (C=O) groups is 1. The van der Waals surface area contributed by atoms with E-state index in [1.165, 1.54) is 36.0 Å². The molecule has 0 aliphatic heterocycles. The maximum Gasteiger partial charge on any atom is 0.303 e. The lowest BCUT2D eigenvalue weighted by Crippen LogP contribution is -2.09. The number of rotatable bonds is 5. The SMILES string of the molecule is Cc1cc(CCCC(=O)O)cc(C2CCC2)c1. The Morgan fingerprint density at radius 3 is 2.71 bits per heavy atom. The van der Waals surface area contributed by atoms with Crippen LogP contribution in [0.1, 0.15) is 54.7 Å². The van der Waals surface area contributed by atoms with Gasteiger partial charge in [-0.3, -0.25) is 4.79 Å². The van der Waals surface area contributed by atoms with Gasteiger partial charge in [0, 0.05) is 6.42 Å². The van der Waals surface area contributed by atoms with Crippen LogP contribution in [0.3, 0.4) is 0 Å². The lowest BCUT2D eigenvalue weighted by molar-refractivity contribution is -0.137. The van der Waals surface area contributed by atoms with Crippen LogP contribution >= 0.6 is 0 Å². The predicted molar refractivity (Wildman–Crippen MR) is 68.3 cm³/mol. The molecule has 92 valence electrons. The molecule has 2 rings (SSSR count). The summed E-state index contributed by atoms with van der Waals surface area (Å²) in [5.41, 5.74) is 4.06. The zero-order valence-electron chi connectivity index (χ0n) is 10.4. The Labute approximate surface area is 103 Å². The van der Waals surface area contributed by atoms with Crippen molar-refractivity contribution in [2.24, 2.45) is 0 Å². The molecule has 1 aromatic rings. The molecule has 0 bridgehead atoms. The summed E-state index contributed by atoms with van der Waals surface area (Å²) in [5, 5.41) is 8.64. The van der Waals surface area contributed by atoms with Crippen molar-refractivity contribution in [2.45, 2.75) is 51.4 Å². The lowest BCUT2D eigenvalue weighted by Gasteiger charge is -2.26. The summed E-state index contributed by atoms with van der Waals surface area (Å²) in [4.78, 5) is 10.5. The number of aliphatic carboxylic acids is 1. The minimum atomic E-state index is -0.697. The van der Waals surface area contributed by atoms with Crippen molar-refractivity contribution in [3.8, 4) is 0 Å². The molecule has 0 aromatic heterocycles. The average molecular weight is 232 g/mol. The zero-order valence-corrected chi connectivity index (χ0v) is 10.4. The zero-order chi connectivity index (χ0) is 12.3. The lowest BCUT2D eigenvalue weighted by atomic mass is 9.79. The number of benzene rings is 1. The third-order valence-corrected chi connectivity index (χ3v) is 3.59. The van der Waals surface area contributed by atoms with E-state index >= 15 is 0 Å². The predicted octanol–water partition coefficient (Wildman–Crippen LogP) is 3.67. The van der Waals surface area contributed by atoms with Crippen molar-refractivity contribution in [3.05, 3.63) is 34.9 Å². The van der Waals surface area contributed by atoms with Gasteiger partial charge in [-0.25, -0.2) is 0 Å². The molecule has 0 amide bonds. The first-order valence-electron chi connectivity index (χ1n) is 6.47. The molecule has 0 heterocycles. The topological polar surface area (TPSA) is 37.3 Å². The average Bonchev–Trinajstić information content (AvgIpc) is 2.13. The number of aryl methyl sites for hydroxylation is 2. The molecular formula is C15H20O2. The fourth-order valence-electron chi connectivity index (χ4n) is 2.46. The van der Waals surface area contributed by atoms with E-state index in [0.717, 1.165) is 18.8 Å². The van der Waals surface area contributed by atoms with Gasteiger partial charge in [-0.2, -0.15) is 0 Å². The van der Waals surface area contributed by atoms with Gasteiger partial charge in [-0.05, 0) is 49.7 Å². The molecule has 2 nitrogen and oxygen atoms in total. The van der Waals surface area contributed by atoms with E-state index in [4.69, 9.17) is 5.11 Å². The molecule has 0 saturated heterocycles. The molecule has 0 spiro atoms. The summed E-state index contributed by atoms with van der Waals surface area (Å²) >= 11 is 0.